The van der Waals surface area contributed by atoms with Gasteiger partial charge in [0.15, 0.2) is 0 Å². The van der Waals surface area contributed by atoms with Crippen molar-refractivity contribution in [1.82, 2.24) is 10.2 Å². The van der Waals surface area contributed by atoms with Crippen molar-refractivity contribution in [3.63, 3.8) is 0 Å². The Morgan fingerprint density at radius 2 is 1.88 bits per heavy atom. The molecule has 94 valence electrons. The summed E-state index contributed by atoms with van der Waals surface area (Å²) in [4.78, 5) is 14.1. The smallest absolute Gasteiger partial charge is 0.237 e. The summed E-state index contributed by atoms with van der Waals surface area (Å²) in [6.07, 6.45) is 1.36. The molecule has 0 bridgehead atoms. The van der Waals surface area contributed by atoms with E-state index >= 15 is 0 Å². The number of likely N-dealkylation sites (tertiary alicyclic amines) is 1. The number of hydrogen-bond acceptors (Lipinski definition) is 3. The Morgan fingerprint density at radius 1 is 1.38 bits per heavy atom. The first kappa shape index (κ1) is 13.5. The van der Waals surface area contributed by atoms with Gasteiger partial charge >= 0.3 is 0 Å². The van der Waals surface area contributed by atoms with Crippen LogP contribution in [0.3, 0.4) is 0 Å². The van der Waals surface area contributed by atoms with Crippen LogP contribution in [0.4, 0.5) is 0 Å². The molecule has 0 aromatic carbocycles. The number of nitrogens with one attached hydrogen (secondary N) is 1. The van der Waals surface area contributed by atoms with Crippen molar-refractivity contribution in [3.8, 4) is 0 Å². The second kappa shape index (κ2) is 5.15. The molecule has 0 aliphatic carbocycles. The molecule has 1 rings (SSSR count). The van der Waals surface area contributed by atoms with Gasteiger partial charge in [0.25, 0.3) is 0 Å². The molecule has 1 unspecified atom stereocenters. The van der Waals surface area contributed by atoms with Crippen LogP contribution in [0, 0.1) is 0 Å². The number of rotatable bonds is 2. The summed E-state index contributed by atoms with van der Waals surface area (Å²) in [5, 5.41) is 12.4. The fraction of sp³-hybridized carbons (Fsp3) is 0.917. The molecule has 0 saturated carbocycles. The number of hydrogen-bond donors (Lipinski definition) is 2. The van der Waals surface area contributed by atoms with Gasteiger partial charge in [0.2, 0.25) is 5.91 Å². The van der Waals surface area contributed by atoms with Gasteiger partial charge in [-0.3, -0.25) is 9.69 Å². The third-order valence-corrected chi connectivity index (χ3v) is 2.92. The maximum absolute atomic E-state index is 11.9. The normalized spacial score (nSPS) is 21.8. The van der Waals surface area contributed by atoms with Gasteiger partial charge in [-0.15, -0.1) is 0 Å². The lowest BCUT2D eigenvalue weighted by Crippen LogP contribution is -2.53. The minimum Gasteiger partial charge on any atom is -0.393 e. The van der Waals surface area contributed by atoms with Gasteiger partial charge in [-0.05, 0) is 40.5 Å². The van der Waals surface area contributed by atoms with Crippen molar-refractivity contribution in [3.05, 3.63) is 0 Å². The summed E-state index contributed by atoms with van der Waals surface area (Å²) in [6.45, 7) is 9.49. The molecule has 4 nitrogen and oxygen atoms in total. The highest BCUT2D eigenvalue weighted by Crippen LogP contribution is 2.13. The molecule has 16 heavy (non-hydrogen) atoms. The van der Waals surface area contributed by atoms with Crippen LogP contribution >= 0.6 is 0 Å². The molecule has 0 radical (unpaired) electrons. The molecule has 1 fully saturated rings. The van der Waals surface area contributed by atoms with Crippen LogP contribution in [0.25, 0.3) is 0 Å². The molecule has 1 aliphatic heterocycles. The molecule has 1 amide bonds. The van der Waals surface area contributed by atoms with E-state index in [0.29, 0.717) is 0 Å². The SMILES string of the molecule is CC(C(=O)NC(C)(C)C)N1CCC(O)CC1. The van der Waals surface area contributed by atoms with Gasteiger partial charge in [0, 0.05) is 18.6 Å². The Balaban J connectivity index is 2.45. The fourth-order valence-electron chi connectivity index (χ4n) is 1.91. The summed E-state index contributed by atoms with van der Waals surface area (Å²) in [6, 6.07) is -0.105. The molecule has 2 N–H and O–H groups in total. The summed E-state index contributed by atoms with van der Waals surface area (Å²) in [7, 11) is 0. The lowest BCUT2D eigenvalue weighted by molar-refractivity contribution is -0.128. The molecule has 0 aromatic heterocycles. The Labute approximate surface area is 98.0 Å². The Kier molecular flexibility index (Phi) is 4.33. The average molecular weight is 228 g/mol. The summed E-state index contributed by atoms with van der Waals surface area (Å²) < 4.78 is 0. The number of aliphatic hydroxyl groups is 1. The van der Waals surface area contributed by atoms with E-state index in [1.807, 2.05) is 27.7 Å². The van der Waals surface area contributed by atoms with Crippen LogP contribution in [0.5, 0.6) is 0 Å². The predicted octanol–water partition coefficient (Wildman–Crippen LogP) is 0.746. The van der Waals surface area contributed by atoms with Crippen LogP contribution < -0.4 is 5.32 Å². The zero-order chi connectivity index (χ0) is 12.3. The molecule has 1 heterocycles. The lowest BCUT2D eigenvalue weighted by Gasteiger charge is -2.35. The summed E-state index contributed by atoms with van der Waals surface area (Å²) in [5.41, 5.74) is -0.180. The monoisotopic (exact) mass is 228 g/mol. The van der Waals surface area contributed by atoms with Crippen LogP contribution in [-0.2, 0) is 4.79 Å². The second-order valence-electron chi connectivity index (χ2n) is 5.68. The fourth-order valence-corrected chi connectivity index (χ4v) is 1.91. The lowest BCUT2D eigenvalue weighted by atomic mass is 10.0. The Morgan fingerprint density at radius 3 is 2.31 bits per heavy atom. The first-order valence-electron chi connectivity index (χ1n) is 6.04. The van der Waals surface area contributed by atoms with Gasteiger partial charge < -0.3 is 10.4 Å². The topological polar surface area (TPSA) is 52.6 Å². The highest BCUT2D eigenvalue weighted by molar-refractivity contribution is 5.81. The molecule has 4 heteroatoms. The number of aliphatic hydroxyl groups excluding tert-OH is 1. The van der Waals surface area contributed by atoms with Crippen LogP contribution in [-0.4, -0.2) is 46.7 Å². The summed E-state index contributed by atoms with van der Waals surface area (Å²) >= 11 is 0. The third-order valence-electron chi connectivity index (χ3n) is 2.92. The Bertz CT molecular complexity index is 240. The number of nitrogens with zero attached hydrogens (tertiary/aromatic N) is 1. The van der Waals surface area contributed by atoms with E-state index in [0.717, 1.165) is 25.9 Å². The van der Waals surface area contributed by atoms with E-state index < -0.39 is 0 Å². The van der Waals surface area contributed by atoms with E-state index in [1.54, 1.807) is 0 Å². The van der Waals surface area contributed by atoms with Crippen molar-refractivity contribution in [1.29, 1.82) is 0 Å². The number of carbonyl (C=O) groups is 1. The van der Waals surface area contributed by atoms with Gasteiger partial charge in [-0.1, -0.05) is 0 Å². The van der Waals surface area contributed by atoms with E-state index in [2.05, 4.69) is 10.2 Å². The van der Waals surface area contributed by atoms with Crippen LogP contribution in [0.2, 0.25) is 0 Å². The zero-order valence-corrected chi connectivity index (χ0v) is 10.8. The molecular weight excluding hydrogens is 204 g/mol. The van der Waals surface area contributed by atoms with E-state index in [1.165, 1.54) is 0 Å². The predicted molar refractivity (Wildman–Crippen MR) is 64.2 cm³/mol. The molecule has 0 aromatic rings. The molecule has 0 spiro atoms. The van der Waals surface area contributed by atoms with Gasteiger partial charge in [-0.2, -0.15) is 0 Å². The largest absolute Gasteiger partial charge is 0.393 e. The van der Waals surface area contributed by atoms with Crippen LogP contribution in [0.1, 0.15) is 40.5 Å². The number of amides is 1. The Hall–Kier alpha value is -0.610. The standard InChI is InChI=1S/C12H24N2O2/c1-9(11(16)13-12(2,3)4)14-7-5-10(15)6-8-14/h9-10,15H,5-8H2,1-4H3,(H,13,16). The minimum absolute atomic E-state index is 0.0730. The van der Waals surface area contributed by atoms with Crippen molar-refractivity contribution >= 4 is 5.91 Å². The van der Waals surface area contributed by atoms with E-state index in [-0.39, 0.29) is 23.6 Å². The zero-order valence-electron chi connectivity index (χ0n) is 10.8. The number of piperidine rings is 1. The van der Waals surface area contributed by atoms with Gasteiger partial charge in [-0.25, -0.2) is 0 Å². The summed E-state index contributed by atoms with van der Waals surface area (Å²) in [5.74, 6) is 0.0730. The van der Waals surface area contributed by atoms with E-state index in [9.17, 15) is 9.90 Å². The molecule has 1 aliphatic rings. The van der Waals surface area contributed by atoms with Gasteiger partial charge in [0.1, 0.15) is 0 Å². The highest BCUT2D eigenvalue weighted by Gasteiger charge is 2.27. The quantitative estimate of drug-likeness (QED) is 0.733. The van der Waals surface area contributed by atoms with Crippen molar-refractivity contribution in [2.24, 2.45) is 0 Å². The van der Waals surface area contributed by atoms with Crippen molar-refractivity contribution in [2.75, 3.05) is 13.1 Å². The first-order valence-corrected chi connectivity index (χ1v) is 6.04. The minimum atomic E-state index is -0.186. The number of carbonyl (C=O) groups excluding carboxylic acids is 1. The molecular formula is C12H24N2O2. The average Bonchev–Trinajstić information content (AvgIpc) is 2.15. The molecule has 1 saturated heterocycles. The third kappa shape index (κ3) is 4.10. The molecule has 1 atom stereocenters. The van der Waals surface area contributed by atoms with Gasteiger partial charge in [0.05, 0.1) is 12.1 Å². The van der Waals surface area contributed by atoms with Crippen molar-refractivity contribution in [2.45, 2.75) is 58.2 Å². The second-order valence-corrected chi connectivity index (χ2v) is 5.68. The maximum atomic E-state index is 11.9. The van der Waals surface area contributed by atoms with E-state index in [4.69, 9.17) is 0 Å². The first-order chi connectivity index (χ1) is 7.29. The van der Waals surface area contributed by atoms with Crippen LogP contribution in [0.15, 0.2) is 0 Å². The highest BCUT2D eigenvalue weighted by atomic mass is 16.3. The maximum Gasteiger partial charge on any atom is 0.237 e. The van der Waals surface area contributed by atoms with Crippen molar-refractivity contribution < 1.29 is 9.90 Å².